The Bertz CT molecular complexity index is 1530. The minimum absolute atomic E-state index is 0.0665. The molecule has 0 saturated heterocycles. The molecule has 3 aromatic carbocycles. The maximum atomic E-state index is 12.4. The maximum absolute atomic E-state index is 12.4. The molecule has 1 fully saturated rings. The van der Waals surface area contributed by atoms with E-state index in [0.29, 0.717) is 35.5 Å². The third kappa shape index (κ3) is 9.02. The number of esters is 3. The SMILES string of the molecule is C=C(C)C(=O)Oc1ccc(-c2ccc(-c3ccc(OC(=O)C(C)C)cc3C3CCC(CCOC(=O)C(=C)CO)CC3)cc2)cc1. The number of benzene rings is 3. The quantitative estimate of drug-likeness (QED) is 0.127. The Morgan fingerprint density at radius 3 is 1.96 bits per heavy atom. The zero-order chi connectivity index (χ0) is 32.5. The molecule has 7 nitrogen and oxygen atoms in total. The van der Waals surface area contributed by atoms with Gasteiger partial charge < -0.3 is 19.3 Å². The summed E-state index contributed by atoms with van der Waals surface area (Å²) in [5.41, 5.74) is 5.77. The lowest BCUT2D eigenvalue weighted by molar-refractivity contribution is -0.140. The first-order chi connectivity index (χ1) is 21.5. The van der Waals surface area contributed by atoms with Crippen LogP contribution >= 0.6 is 0 Å². The van der Waals surface area contributed by atoms with Gasteiger partial charge in [-0.2, -0.15) is 0 Å². The lowest BCUT2D eigenvalue weighted by Crippen LogP contribution is -2.18. The number of rotatable bonds is 12. The van der Waals surface area contributed by atoms with Gasteiger partial charge in [-0.1, -0.05) is 69.5 Å². The molecule has 4 rings (SSSR count). The highest BCUT2D eigenvalue weighted by Gasteiger charge is 2.26. The van der Waals surface area contributed by atoms with Crippen molar-refractivity contribution in [2.24, 2.45) is 11.8 Å². The summed E-state index contributed by atoms with van der Waals surface area (Å²) >= 11 is 0. The molecule has 3 aromatic rings. The van der Waals surface area contributed by atoms with Crippen molar-refractivity contribution in [1.29, 1.82) is 0 Å². The molecule has 1 aliphatic rings. The number of aliphatic hydroxyl groups is 1. The molecule has 0 unspecified atom stereocenters. The molecule has 7 heteroatoms. The summed E-state index contributed by atoms with van der Waals surface area (Å²) in [6.07, 6.45) is 4.70. The predicted molar refractivity (Wildman–Crippen MR) is 175 cm³/mol. The average molecular weight is 611 g/mol. The van der Waals surface area contributed by atoms with Gasteiger partial charge in [0.05, 0.1) is 24.7 Å². The van der Waals surface area contributed by atoms with Crippen molar-refractivity contribution in [2.45, 2.75) is 58.8 Å². The lowest BCUT2D eigenvalue weighted by atomic mass is 9.76. The van der Waals surface area contributed by atoms with Crippen LogP contribution in [0.5, 0.6) is 11.5 Å². The summed E-state index contributed by atoms with van der Waals surface area (Å²) in [6, 6.07) is 21.6. The van der Waals surface area contributed by atoms with Crippen LogP contribution in [0.3, 0.4) is 0 Å². The van der Waals surface area contributed by atoms with Gasteiger partial charge in [0.25, 0.3) is 0 Å². The molecule has 1 N–H and O–H groups in total. The topological polar surface area (TPSA) is 99.1 Å². The van der Waals surface area contributed by atoms with Gasteiger partial charge in [-0.3, -0.25) is 4.79 Å². The van der Waals surface area contributed by atoms with Crippen LogP contribution in [0.2, 0.25) is 0 Å². The van der Waals surface area contributed by atoms with Crippen LogP contribution in [-0.4, -0.2) is 36.2 Å². The van der Waals surface area contributed by atoms with Gasteiger partial charge >= 0.3 is 17.9 Å². The first-order valence-corrected chi connectivity index (χ1v) is 15.5. The first kappa shape index (κ1) is 33.4. The van der Waals surface area contributed by atoms with E-state index in [1.54, 1.807) is 19.1 Å². The summed E-state index contributed by atoms with van der Waals surface area (Å²) in [6.45, 7) is 12.3. The molecular weight excluding hydrogens is 568 g/mol. The van der Waals surface area contributed by atoms with Gasteiger partial charge in [0, 0.05) is 5.57 Å². The van der Waals surface area contributed by atoms with Crippen molar-refractivity contribution in [1.82, 2.24) is 0 Å². The number of aliphatic hydroxyl groups excluding tert-OH is 1. The second-order valence-corrected chi connectivity index (χ2v) is 12.0. The van der Waals surface area contributed by atoms with Crippen LogP contribution in [-0.2, 0) is 19.1 Å². The molecule has 1 aliphatic carbocycles. The molecular formula is C38H42O7. The summed E-state index contributed by atoms with van der Waals surface area (Å²) in [5.74, 6) is 0.261. The second kappa shape index (κ2) is 15.5. The molecule has 0 heterocycles. The zero-order valence-corrected chi connectivity index (χ0v) is 26.3. The number of carbonyl (C=O) groups is 3. The molecule has 0 aliphatic heterocycles. The maximum Gasteiger partial charge on any atom is 0.338 e. The molecule has 0 atom stereocenters. The van der Waals surface area contributed by atoms with E-state index in [4.69, 9.17) is 19.3 Å². The van der Waals surface area contributed by atoms with Gasteiger partial charge in [0.1, 0.15) is 11.5 Å². The number of ether oxygens (including phenoxy) is 3. The molecule has 236 valence electrons. The van der Waals surface area contributed by atoms with E-state index in [2.05, 4.69) is 37.4 Å². The fourth-order valence-electron chi connectivity index (χ4n) is 5.44. The summed E-state index contributed by atoms with van der Waals surface area (Å²) in [4.78, 5) is 36.0. The molecule has 1 saturated carbocycles. The Hall–Kier alpha value is -4.49. The van der Waals surface area contributed by atoms with Gasteiger partial charge in [0.2, 0.25) is 0 Å². The highest BCUT2D eigenvalue weighted by Crippen LogP contribution is 2.42. The largest absolute Gasteiger partial charge is 0.462 e. The molecule has 0 bridgehead atoms. The summed E-state index contributed by atoms with van der Waals surface area (Å²) in [5, 5.41) is 9.06. The Labute approximate surface area is 265 Å². The number of carbonyl (C=O) groups excluding carboxylic acids is 3. The zero-order valence-electron chi connectivity index (χ0n) is 26.3. The van der Waals surface area contributed by atoms with Gasteiger partial charge in [-0.25, -0.2) is 9.59 Å². The Morgan fingerprint density at radius 1 is 0.800 bits per heavy atom. The van der Waals surface area contributed by atoms with E-state index in [1.807, 2.05) is 44.2 Å². The van der Waals surface area contributed by atoms with Crippen LogP contribution < -0.4 is 9.47 Å². The van der Waals surface area contributed by atoms with Crippen LogP contribution in [0.15, 0.2) is 91.0 Å². The van der Waals surface area contributed by atoms with Gasteiger partial charge in [0.15, 0.2) is 0 Å². The number of hydrogen-bond donors (Lipinski definition) is 1. The van der Waals surface area contributed by atoms with E-state index in [1.165, 1.54) is 0 Å². The van der Waals surface area contributed by atoms with E-state index in [9.17, 15) is 14.4 Å². The molecule has 0 radical (unpaired) electrons. The highest BCUT2D eigenvalue weighted by atomic mass is 16.5. The smallest absolute Gasteiger partial charge is 0.338 e. The highest BCUT2D eigenvalue weighted by molar-refractivity contribution is 5.89. The Kier molecular flexibility index (Phi) is 11.5. The van der Waals surface area contributed by atoms with Crippen molar-refractivity contribution < 1.29 is 33.7 Å². The van der Waals surface area contributed by atoms with Crippen molar-refractivity contribution in [3.8, 4) is 33.8 Å². The summed E-state index contributed by atoms with van der Waals surface area (Å²) < 4.78 is 16.3. The minimum Gasteiger partial charge on any atom is -0.462 e. The minimum atomic E-state index is -0.546. The second-order valence-electron chi connectivity index (χ2n) is 12.0. The fraction of sp³-hybridized carbons (Fsp3) is 0.342. The van der Waals surface area contributed by atoms with E-state index < -0.39 is 18.5 Å². The van der Waals surface area contributed by atoms with Crippen LogP contribution in [0.25, 0.3) is 22.3 Å². The van der Waals surface area contributed by atoms with Gasteiger partial charge in [-0.15, -0.1) is 0 Å². The van der Waals surface area contributed by atoms with Crippen LogP contribution in [0, 0.1) is 11.8 Å². The first-order valence-electron chi connectivity index (χ1n) is 15.5. The number of hydrogen-bond acceptors (Lipinski definition) is 7. The van der Waals surface area contributed by atoms with E-state index in [-0.39, 0.29) is 17.5 Å². The van der Waals surface area contributed by atoms with E-state index >= 15 is 0 Å². The standard InChI is InChI=1S/C38H42O7/c1-24(2)36(40)44-32-16-14-29(15-17-32)28-10-12-30(13-11-28)34-19-18-33(45-37(41)25(3)4)22-35(34)31-8-6-27(7-9-31)20-21-43-38(42)26(5)23-39/h10-19,22,25,27,31,39H,1,5-9,20-21,23H2,2-4H3. The van der Waals surface area contributed by atoms with Crippen molar-refractivity contribution >= 4 is 17.9 Å². The van der Waals surface area contributed by atoms with Gasteiger partial charge in [-0.05, 0) is 103 Å². The molecule has 45 heavy (non-hydrogen) atoms. The predicted octanol–water partition coefficient (Wildman–Crippen LogP) is 7.82. The van der Waals surface area contributed by atoms with Crippen LogP contribution in [0.4, 0.5) is 0 Å². The summed E-state index contributed by atoms with van der Waals surface area (Å²) in [7, 11) is 0. The Morgan fingerprint density at radius 2 is 1.38 bits per heavy atom. The normalized spacial score (nSPS) is 16.1. The van der Waals surface area contributed by atoms with Crippen molar-refractivity contribution in [3.63, 3.8) is 0 Å². The molecule has 0 spiro atoms. The average Bonchev–Trinajstić information content (AvgIpc) is 3.05. The molecule has 0 aromatic heterocycles. The third-order valence-corrected chi connectivity index (χ3v) is 8.18. The third-order valence-electron chi connectivity index (χ3n) is 8.18. The molecule has 0 amide bonds. The van der Waals surface area contributed by atoms with Crippen molar-refractivity contribution in [2.75, 3.05) is 13.2 Å². The Balaban J connectivity index is 1.50. The van der Waals surface area contributed by atoms with Crippen LogP contribution in [0.1, 0.15) is 64.4 Å². The lowest BCUT2D eigenvalue weighted by Gasteiger charge is -2.30. The van der Waals surface area contributed by atoms with E-state index in [0.717, 1.165) is 59.9 Å². The fourth-order valence-corrected chi connectivity index (χ4v) is 5.44. The van der Waals surface area contributed by atoms with Crippen molar-refractivity contribution in [3.05, 3.63) is 96.6 Å². The monoisotopic (exact) mass is 610 g/mol.